The number of nitrogens with zero attached hydrogens (tertiary/aromatic N) is 2. The topological polar surface area (TPSA) is 82.5 Å². The van der Waals surface area contributed by atoms with Crippen molar-refractivity contribution >= 4 is 10.9 Å². The minimum atomic E-state index is -0.684. The van der Waals surface area contributed by atoms with Crippen molar-refractivity contribution in [3.63, 3.8) is 0 Å². The highest BCUT2D eigenvalue weighted by Gasteiger charge is 2.32. The van der Waals surface area contributed by atoms with Gasteiger partial charge in [0.25, 0.3) is 0 Å². The Morgan fingerprint density at radius 3 is 3.10 bits per heavy atom. The fourth-order valence-corrected chi connectivity index (χ4v) is 2.73. The van der Waals surface area contributed by atoms with Gasteiger partial charge in [-0.25, -0.2) is 0 Å². The Kier molecular flexibility index (Phi) is 3.37. The number of nitrogens with two attached hydrogens (primary N) is 1. The molecule has 0 fully saturated rings. The van der Waals surface area contributed by atoms with Crippen LogP contribution in [0.1, 0.15) is 18.6 Å². The number of aromatic nitrogens is 2. The number of benzene rings is 1. The van der Waals surface area contributed by atoms with Crippen molar-refractivity contribution in [2.24, 2.45) is 5.73 Å². The van der Waals surface area contributed by atoms with Crippen molar-refractivity contribution in [2.75, 3.05) is 13.7 Å². The molecule has 108 valence electrons. The highest BCUT2D eigenvalue weighted by atomic mass is 16.5. The van der Waals surface area contributed by atoms with E-state index in [1.807, 2.05) is 23.7 Å². The Morgan fingerprint density at radius 1 is 1.60 bits per heavy atom. The van der Waals surface area contributed by atoms with Crippen molar-refractivity contribution in [2.45, 2.75) is 31.7 Å². The number of aliphatic hydroxyl groups excluding tert-OH is 1. The van der Waals surface area contributed by atoms with Crippen LogP contribution in [0, 0.1) is 0 Å². The van der Waals surface area contributed by atoms with E-state index in [4.69, 9.17) is 15.2 Å². The molecule has 2 aromatic rings. The molecule has 3 unspecified atom stereocenters. The van der Waals surface area contributed by atoms with Gasteiger partial charge in [0.15, 0.2) is 0 Å². The maximum absolute atomic E-state index is 10.1. The largest absolute Gasteiger partial charge is 0.490 e. The van der Waals surface area contributed by atoms with Crippen molar-refractivity contribution in [3.8, 4) is 5.75 Å². The third-order valence-corrected chi connectivity index (χ3v) is 3.56. The second kappa shape index (κ2) is 5.05. The molecular weight excluding hydrogens is 258 g/mol. The summed E-state index contributed by atoms with van der Waals surface area (Å²) >= 11 is 0. The van der Waals surface area contributed by atoms with Crippen LogP contribution in [0.3, 0.4) is 0 Å². The average Bonchev–Trinajstić information content (AvgIpc) is 2.81. The minimum Gasteiger partial charge on any atom is -0.490 e. The lowest BCUT2D eigenvalue weighted by molar-refractivity contribution is -0.0482. The highest BCUT2D eigenvalue weighted by Crippen LogP contribution is 2.39. The summed E-state index contributed by atoms with van der Waals surface area (Å²) in [5.41, 5.74) is 7.64. The Morgan fingerprint density at radius 2 is 2.40 bits per heavy atom. The maximum Gasteiger partial charge on any atom is 0.127 e. The molecule has 0 aliphatic carbocycles. The van der Waals surface area contributed by atoms with E-state index in [1.165, 1.54) is 0 Å². The first-order valence-electron chi connectivity index (χ1n) is 6.69. The quantitative estimate of drug-likeness (QED) is 0.868. The molecule has 0 spiro atoms. The number of ether oxygens (including phenoxy) is 2. The number of hydrogen-bond acceptors (Lipinski definition) is 5. The fourth-order valence-electron chi connectivity index (χ4n) is 2.73. The molecule has 2 heterocycles. The summed E-state index contributed by atoms with van der Waals surface area (Å²) in [5, 5.41) is 15.5. The Balaban J connectivity index is 2.21. The number of methoxy groups -OCH3 is 1. The first kappa shape index (κ1) is 13.4. The average molecular weight is 277 g/mol. The zero-order valence-corrected chi connectivity index (χ0v) is 11.6. The molecule has 1 aliphatic rings. The Bertz CT molecular complexity index is 623. The SMILES string of the molecule is COC1c2c(ccc3cnn(CC(C)N)c23)OCC1O. The van der Waals surface area contributed by atoms with Crippen molar-refractivity contribution in [1.29, 1.82) is 0 Å². The van der Waals surface area contributed by atoms with Gasteiger partial charge < -0.3 is 20.3 Å². The van der Waals surface area contributed by atoms with E-state index < -0.39 is 12.2 Å². The number of fused-ring (bicyclic) bond motifs is 3. The summed E-state index contributed by atoms with van der Waals surface area (Å²) in [6.45, 7) is 2.77. The number of rotatable bonds is 3. The van der Waals surface area contributed by atoms with Crippen molar-refractivity contribution in [1.82, 2.24) is 9.78 Å². The molecule has 3 atom stereocenters. The molecular formula is C14H19N3O3. The summed E-state index contributed by atoms with van der Waals surface area (Å²) < 4.78 is 12.9. The van der Waals surface area contributed by atoms with E-state index in [2.05, 4.69) is 5.10 Å². The van der Waals surface area contributed by atoms with Gasteiger partial charge in [-0.1, -0.05) is 0 Å². The Labute approximate surface area is 117 Å². The second-order valence-corrected chi connectivity index (χ2v) is 5.25. The molecule has 0 radical (unpaired) electrons. The second-order valence-electron chi connectivity index (χ2n) is 5.25. The molecule has 6 nitrogen and oxygen atoms in total. The van der Waals surface area contributed by atoms with E-state index in [9.17, 15) is 5.11 Å². The third-order valence-electron chi connectivity index (χ3n) is 3.56. The van der Waals surface area contributed by atoms with Gasteiger partial charge in [-0.05, 0) is 19.1 Å². The van der Waals surface area contributed by atoms with Crippen molar-refractivity contribution in [3.05, 3.63) is 23.9 Å². The normalized spacial score (nSPS) is 23.4. The lowest BCUT2D eigenvalue weighted by Crippen LogP contribution is -2.32. The van der Waals surface area contributed by atoms with Gasteiger partial charge in [-0.15, -0.1) is 0 Å². The van der Waals surface area contributed by atoms with E-state index >= 15 is 0 Å². The molecule has 3 rings (SSSR count). The number of aliphatic hydroxyl groups is 1. The zero-order chi connectivity index (χ0) is 14.3. The van der Waals surface area contributed by atoms with Crippen LogP contribution < -0.4 is 10.5 Å². The molecule has 0 amide bonds. The van der Waals surface area contributed by atoms with Crippen LogP contribution in [0.15, 0.2) is 18.3 Å². The first-order valence-corrected chi connectivity index (χ1v) is 6.69. The molecule has 1 aliphatic heterocycles. The maximum atomic E-state index is 10.1. The summed E-state index contributed by atoms with van der Waals surface area (Å²) in [7, 11) is 1.59. The smallest absolute Gasteiger partial charge is 0.127 e. The van der Waals surface area contributed by atoms with Crippen LogP contribution in [0.2, 0.25) is 0 Å². The van der Waals surface area contributed by atoms with E-state index in [0.717, 1.165) is 22.2 Å². The molecule has 3 N–H and O–H groups in total. The highest BCUT2D eigenvalue weighted by molar-refractivity contribution is 5.85. The predicted molar refractivity (Wildman–Crippen MR) is 74.6 cm³/mol. The van der Waals surface area contributed by atoms with E-state index in [-0.39, 0.29) is 12.6 Å². The summed E-state index contributed by atoms with van der Waals surface area (Å²) in [6.07, 6.45) is 0.703. The molecule has 0 saturated carbocycles. The molecule has 0 saturated heterocycles. The van der Waals surface area contributed by atoms with Gasteiger partial charge in [0, 0.05) is 18.5 Å². The molecule has 6 heteroatoms. The summed E-state index contributed by atoms with van der Waals surface area (Å²) in [6, 6.07) is 3.85. The monoisotopic (exact) mass is 277 g/mol. The number of hydrogen-bond donors (Lipinski definition) is 2. The lowest BCUT2D eigenvalue weighted by Gasteiger charge is -2.30. The lowest BCUT2D eigenvalue weighted by atomic mass is 9.98. The molecule has 0 bridgehead atoms. The predicted octanol–water partition coefficient (Wildman–Crippen LogP) is 0.824. The molecule has 20 heavy (non-hydrogen) atoms. The van der Waals surface area contributed by atoms with Crippen LogP contribution >= 0.6 is 0 Å². The van der Waals surface area contributed by atoms with Gasteiger partial charge in [0.05, 0.1) is 23.8 Å². The fraction of sp³-hybridized carbons (Fsp3) is 0.500. The molecule has 1 aromatic carbocycles. The van der Waals surface area contributed by atoms with E-state index in [0.29, 0.717) is 6.54 Å². The zero-order valence-electron chi connectivity index (χ0n) is 11.6. The molecule has 1 aromatic heterocycles. The van der Waals surface area contributed by atoms with Crippen molar-refractivity contribution < 1.29 is 14.6 Å². The van der Waals surface area contributed by atoms with Crippen LogP contribution in [0.25, 0.3) is 10.9 Å². The van der Waals surface area contributed by atoms with Crippen LogP contribution in [0.4, 0.5) is 0 Å². The standard InChI is InChI=1S/C14H19N3O3/c1-8(15)6-17-13-9(5-16-17)3-4-11-12(13)14(19-2)10(18)7-20-11/h3-5,8,10,14,18H,6-7,15H2,1-2H3. The summed E-state index contributed by atoms with van der Waals surface area (Å²) in [5.74, 6) is 0.737. The third kappa shape index (κ3) is 2.06. The van der Waals surface area contributed by atoms with E-state index in [1.54, 1.807) is 13.3 Å². The van der Waals surface area contributed by atoms with Gasteiger partial charge >= 0.3 is 0 Å². The van der Waals surface area contributed by atoms with Gasteiger partial charge in [0.1, 0.15) is 24.6 Å². The van der Waals surface area contributed by atoms with Gasteiger partial charge in [-0.3, -0.25) is 4.68 Å². The van der Waals surface area contributed by atoms with Crippen LogP contribution in [0.5, 0.6) is 5.75 Å². The van der Waals surface area contributed by atoms with Gasteiger partial charge in [-0.2, -0.15) is 5.10 Å². The summed E-state index contributed by atoms with van der Waals surface area (Å²) in [4.78, 5) is 0. The minimum absolute atomic E-state index is 0.00983. The first-order chi connectivity index (χ1) is 9.61. The Hall–Kier alpha value is -1.63. The van der Waals surface area contributed by atoms with Gasteiger partial charge in [0.2, 0.25) is 0 Å². The van der Waals surface area contributed by atoms with Crippen LogP contribution in [-0.2, 0) is 11.3 Å². The van der Waals surface area contributed by atoms with Crippen LogP contribution in [-0.4, -0.2) is 40.7 Å².